The number of hydrogen-bond acceptors (Lipinski definition) is 3. The van der Waals surface area contributed by atoms with E-state index in [1.54, 1.807) is 6.20 Å². The summed E-state index contributed by atoms with van der Waals surface area (Å²) in [6.07, 6.45) is 2.83. The molecule has 0 aromatic carbocycles. The van der Waals surface area contributed by atoms with Crippen LogP contribution in [0.1, 0.15) is 6.42 Å². The first-order valence-corrected chi connectivity index (χ1v) is 4.71. The second-order valence-electron chi connectivity index (χ2n) is 3.04. The van der Waals surface area contributed by atoms with Crippen LogP contribution in [0.4, 0.5) is 0 Å². The second-order valence-corrected chi connectivity index (χ2v) is 3.40. The maximum atomic E-state index is 5.81. The third-order valence-corrected chi connectivity index (χ3v) is 2.37. The number of hydrogen-bond donors (Lipinski definition) is 1. The molecule has 0 unspecified atom stereocenters. The van der Waals surface area contributed by atoms with Gasteiger partial charge in [0.15, 0.2) is 10.9 Å². The Labute approximate surface area is 94.2 Å². The Morgan fingerprint density at radius 2 is 2.43 bits per heavy atom. The van der Waals surface area contributed by atoms with Gasteiger partial charge in [0.1, 0.15) is 6.61 Å². The van der Waals surface area contributed by atoms with E-state index >= 15 is 0 Å². The first kappa shape index (κ1) is 11.6. The summed E-state index contributed by atoms with van der Waals surface area (Å²) in [4.78, 5) is 3.92. The molecule has 1 N–H and O–H groups in total. The molecule has 1 atom stereocenters. The lowest BCUT2D eigenvalue weighted by Gasteiger charge is -2.27. The summed E-state index contributed by atoms with van der Waals surface area (Å²) >= 11 is 5.81. The average Bonchev–Trinajstić information content (AvgIpc) is 2.05. The van der Waals surface area contributed by atoms with Crippen LogP contribution in [-0.4, -0.2) is 24.2 Å². The summed E-state index contributed by atoms with van der Waals surface area (Å²) in [5, 5.41) is 3.68. The Hall–Kier alpha value is -0.510. The quantitative estimate of drug-likeness (QED) is 0.812. The Morgan fingerprint density at radius 3 is 3.00 bits per heavy atom. The fourth-order valence-corrected chi connectivity index (χ4v) is 1.33. The summed E-state index contributed by atoms with van der Waals surface area (Å²) in [5.74, 6) is 0.665. The topological polar surface area (TPSA) is 34.1 Å². The van der Waals surface area contributed by atoms with Crippen LogP contribution >= 0.6 is 24.0 Å². The van der Waals surface area contributed by atoms with Crippen molar-refractivity contribution in [1.82, 2.24) is 10.3 Å². The van der Waals surface area contributed by atoms with Gasteiger partial charge in [0.25, 0.3) is 0 Å². The van der Waals surface area contributed by atoms with Crippen LogP contribution in [0.15, 0.2) is 18.3 Å². The minimum atomic E-state index is 0. The lowest BCUT2D eigenvalue weighted by Crippen LogP contribution is -2.46. The molecule has 1 aliphatic rings. The summed E-state index contributed by atoms with van der Waals surface area (Å²) in [5.41, 5.74) is 0. The van der Waals surface area contributed by atoms with E-state index in [0.717, 1.165) is 6.54 Å². The molecule has 5 heteroatoms. The van der Waals surface area contributed by atoms with Crippen molar-refractivity contribution in [2.45, 2.75) is 12.5 Å². The molecule has 1 aliphatic heterocycles. The van der Waals surface area contributed by atoms with Crippen LogP contribution in [0.25, 0.3) is 0 Å². The van der Waals surface area contributed by atoms with E-state index in [9.17, 15) is 0 Å². The van der Waals surface area contributed by atoms with Gasteiger partial charge in [-0.2, -0.15) is 0 Å². The summed E-state index contributed by atoms with van der Waals surface area (Å²) < 4.78 is 5.48. The molecule has 1 fully saturated rings. The molecule has 1 saturated heterocycles. The molecule has 0 radical (unpaired) electrons. The number of pyridine rings is 1. The highest BCUT2D eigenvalue weighted by Crippen LogP contribution is 2.20. The van der Waals surface area contributed by atoms with Gasteiger partial charge in [0.05, 0.1) is 0 Å². The number of nitrogens with zero attached hydrogens (tertiary/aromatic N) is 1. The molecule has 0 bridgehead atoms. The standard InChI is InChI=1S/C9H11ClN2O.ClH/c10-9-8(2-1-4-12-9)13-6-7-3-5-11-7;/h1-2,4,7,11H,3,5-6H2;1H/t7-;/m0./s1. The van der Waals surface area contributed by atoms with Crippen LogP contribution in [0.3, 0.4) is 0 Å². The van der Waals surface area contributed by atoms with Gasteiger partial charge < -0.3 is 10.1 Å². The van der Waals surface area contributed by atoms with Crippen LogP contribution < -0.4 is 10.1 Å². The van der Waals surface area contributed by atoms with Crippen molar-refractivity contribution in [2.24, 2.45) is 0 Å². The fraction of sp³-hybridized carbons (Fsp3) is 0.444. The van der Waals surface area contributed by atoms with Crippen molar-refractivity contribution in [2.75, 3.05) is 13.2 Å². The molecule has 1 aromatic rings. The SMILES string of the molecule is Cl.Clc1ncccc1OC[C@@H]1CCN1. The Balaban J connectivity index is 0.000000980. The van der Waals surface area contributed by atoms with E-state index in [1.807, 2.05) is 12.1 Å². The van der Waals surface area contributed by atoms with Crippen LogP contribution in [0.5, 0.6) is 5.75 Å². The number of rotatable bonds is 3. The van der Waals surface area contributed by atoms with Gasteiger partial charge in [-0.3, -0.25) is 0 Å². The normalized spacial score (nSPS) is 19.4. The van der Waals surface area contributed by atoms with Gasteiger partial charge in [-0.05, 0) is 25.1 Å². The molecular weight excluding hydrogens is 223 g/mol. The van der Waals surface area contributed by atoms with E-state index in [4.69, 9.17) is 16.3 Å². The summed E-state index contributed by atoms with van der Waals surface area (Å²) in [6, 6.07) is 4.12. The molecule has 78 valence electrons. The number of halogens is 2. The van der Waals surface area contributed by atoms with Crippen LogP contribution in [-0.2, 0) is 0 Å². The maximum absolute atomic E-state index is 5.81. The minimum Gasteiger partial charge on any atom is -0.489 e. The highest BCUT2D eigenvalue weighted by Gasteiger charge is 2.17. The molecular formula is C9H12Cl2N2O. The van der Waals surface area contributed by atoms with Gasteiger partial charge in [-0.15, -0.1) is 12.4 Å². The van der Waals surface area contributed by atoms with E-state index < -0.39 is 0 Å². The second kappa shape index (κ2) is 5.39. The van der Waals surface area contributed by atoms with Gasteiger partial charge >= 0.3 is 0 Å². The molecule has 0 saturated carbocycles. The van der Waals surface area contributed by atoms with Crippen molar-refractivity contribution in [3.8, 4) is 5.75 Å². The van der Waals surface area contributed by atoms with Gasteiger partial charge in [-0.25, -0.2) is 4.98 Å². The first-order chi connectivity index (χ1) is 6.36. The van der Waals surface area contributed by atoms with E-state index in [0.29, 0.717) is 23.6 Å². The summed E-state index contributed by atoms with van der Waals surface area (Å²) in [7, 11) is 0. The van der Waals surface area contributed by atoms with Gasteiger partial charge in [0, 0.05) is 12.2 Å². The summed E-state index contributed by atoms with van der Waals surface area (Å²) in [6.45, 7) is 1.76. The lowest BCUT2D eigenvalue weighted by atomic mass is 10.1. The van der Waals surface area contributed by atoms with Crippen molar-refractivity contribution < 1.29 is 4.74 Å². The molecule has 0 amide bonds. The monoisotopic (exact) mass is 234 g/mol. The van der Waals surface area contributed by atoms with Crippen molar-refractivity contribution in [1.29, 1.82) is 0 Å². The third-order valence-electron chi connectivity index (χ3n) is 2.09. The molecule has 1 aromatic heterocycles. The predicted molar refractivity (Wildman–Crippen MR) is 58.4 cm³/mol. The third kappa shape index (κ3) is 2.74. The lowest BCUT2D eigenvalue weighted by molar-refractivity contribution is 0.217. The van der Waals surface area contributed by atoms with Gasteiger partial charge in [0.2, 0.25) is 0 Å². The van der Waals surface area contributed by atoms with Crippen LogP contribution in [0, 0.1) is 0 Å². The first-order valence-electron chi connectivity index (χ1n) is 4.33. The van der Waals surface area contributed by atoms with E-state index in [2.05, 4.69) is 10.3 Å². The zero-order chi connectivity index (χ0) is 9.10. The Bertz CT molecular complexity index is 292. The molecule has 0 aliphatic carbocycles. The highest BCUT2D eigenvalue weighted by atomic mass is 35.5. The number of nitrogens with one attached hydrogen (secondary N) is 1. The fourth-order valence-electron chi connectivity index (χ4n) is 1.16. The Kier molecular flexibility index (Phi) is 4.45. The smallest absolute Gasteiger partial charge is 0.171 e. The zero-order valence-corrected chi connectivity index (χ0v) is 9.14. The zero-order valence-electron chi connectivity index (χ0n) is 7.57. The largest absolute Gasteiger partial charge is 0.489 e. The molecule has 3 nitrogen and oxygen atoms in total. The molecule has 2 rings (SSSR count). The minimum absolute atomic E-state index is 0. The van der Waals surface area contributed by atoms with Crippen molar-refractivity contribution in [3.63, 3.8) is 0 Å². The number of aromatic nitrogens is 1. The predicted octanol–water partition coefficient (Wildman–Crippen LogP) is 1.90. The van der Waals surface area contributed by atoms with Gasteiger partial charge in [-0.1, -0.05) is 11.6 Å². The highest BCUT2D eigenvalue weighted by molar-refractivity contribution is 6.30. The van der Waals surface area contributed by atoms with Crippen molar-refractivity contribution in [3.05, 3.63) is 23.5 Å². The number of ether oxygens (including phenoxy) is 1. The average molecular weight is 235 g/mol. The molecule has 14 heavy (non-hydrogen) atoms. The van der Waals surface area contributed by atoms with E-state index in [-0.39, 0.29) is 12.4 Å². The van der Waals surface area contributed by atoms with Crippen LogP contribution in [0.2, 0.25) is 5.15 Å². The van der Waals surface area contributed by atoms with Crippen molar-refractivity contribution >= 4 is 24.0 Å². The maximum Gasteiger partial charge on any atom is 0.171 e. The molecule has 0 spiro atoms. The Morgan fingerprint density at radius 1 is 1.64 bits per heavy atom. The molecule has 2 heterocycles. The van der Waals surface area contributed by atoms with E-state index in [1.165, 1.54) is 6.42 Å².